The second kappa shape index (κ2) is 5.81. The monoisotopic (exact) mass is 194 g/mol. The van der Waals surface area contributed by atoms with Crippen LogP contribution in [0.5, 0.6) is 0 Å². The molecule has 1 aromatic rings. The molecular weight excluding hydrogens is 180 g/mol. The van der Waals surface area contributed by atoms with Gasteiger partial charge in [-0.25, -0.2) is 0 Å². The van der Waals surface area contributed by atoms with E-state index in [-0.39, 0.29) is 5.92 Å². The highest BCUT2D eigenvalue weighted by atomic mass is 32.1. The average Bonchev–Trinajstić information content (AvgIpc) is 2.21. The van der Waals surface area contributed by atoms with E-state index in [1.165, 1.54) is 5.56 Å². The number of hydrogen-bond donors (Lipinski definition) is 1. The summed E-state index contributed by atoms with van der Waals surface area (Å²) in [6.07, 6.45) is 2.86. The van der Waals surface area contributed by atoms with E-state index in [0.29, 0.717) is 5.75 Å². The van der Waals surface area contributed by atoms with Crippen molar-refractivity contribution >= 4 is 18.9 Å². The molecule has 0 heterocycles. The number of rotatable bonds is 5. The molecule has 1 atom stereocenters. The highest BCUT2D eigenvalue weighted by Gasteiger charge is 2.04. The molecule has 0 N–H and O–H groups in total. The lowest BCUT2D eigenvalue weighted by molar-refractivity contribution is -0.110. The van der Waals surface area contributed by atoms with Gasteiger partial charge in [0.1, 0.15) is 6.29 Å². The Morgan fingerprint density at radius 2 is 2.00 bits per heavy atom. The standard InChI is InChI=1S/C11H14OS/c12-8-11(9-13)7-6-10-4-2-1-3-5-10/h1-5,8,11,13H,6-7,9H2. The Balaban J connectivity index is 2.38. The van der Waals surface area contributed by atoms with Crippen molar-refractivity contribution in [2.24, 2.45) is 5.92 Å². The van der Waals surface area contributed by atoms with Gasteiger partial charge in [-0.3, -0.25) is 0 Å². The quantitative estimate of drug-likeness (QED) is 0.562. The maximum absolute atomic E-state index is 10.5. The molecule has 0 aliphatic rings. The second-order valence-corrected chi connectivity index (χ2v) is 3.47. The van der Waals surface area contributed by atoms with Crippen LogP contribution in [0.1, 0.15) is 12.0 Å². The van der Waals surface area contributed by atoms with Crippen molar-refractivity contribution in [3.63, 3.8) is 0 Å². The number of thiol groups is 1. The lowest BCUT2D eigenvalue weighted by atomic mass is 10.0. The van der Waals surface area contributed by atoms with Crippen molar-refractivity contribution in [3.8, 4) is 0 Å². The minimum Gasteiger partial charge on any atom is -0.303 e. The van der Waals surface area contributed by atoms with Gasteiger partial charge in [0.05, 0.1) is 0 Å². The maximum Gasteiger partial charge on any atom is 0.123 e. The summed E-state index contributed by atoms with van der Waals surface area (Å²) in [6.45, 7) is 0. The zero-order chi connectivity index (χ0) is 9.52. The van der Waals surface area contributed by atoms with Crippen LogP contribution in [0.25, 0.3) is 0 Å². The molecule has 0 saturated carbocycles. The fraction of sp³-hybridized carbons (Fsp3) is 0.364. The summed E-state index contributed by atoms with van der Waals surface area (Å²) in [5.41, 5.74) is 1.29. The van der Waals surface area contributed by atoms with Crippen LogP contribution < -0.4 is 0 Å². The Morgan fingerprint density at radius 3 is 2.54 bits per heavy atom. The molecule has 0 amide bonds. The lowest BCUT2D eigenvalue weighted by Crippen LogP contribution is -2.05. The van der Waals surface area contributed by atoms with Gasteiger partial charge in [-0.15, -0.1) is 0 Å². The van der Waals surface area contributed by atoms with Crippen LogP contribution in [-0.4, -0.2) is 12.0 Å². The summed E-state index contributed by atoms with van der Waals surface area (Å²) < 4.78 is 0. The molecule has 1 nitrogen and oxygen atoms in total. The summed E-state index contributed by atoms with van der Waals surface area (Å²) >= 11 is 4.11. The van der Waals surface area contributed by atoms with Crippen molar-refractivity contribution in [2.75, 3.05) is 5.75 Å². The average molecular weight is 194 g/mol. The molecule has 13 heavy (non-hydrogen) atoms. The Bertz CT molecular complexity index is 246. The Morgan fingerprint density at radius 1 is 1.31 bits per heavy atom. The minimum atomic E-state index is 0.100. The first-order valence-electron chi connectivity index (χ1n) is 4.47. The number of aryl methyl sites for hydroxylation is 1. The molecule has 0 bridgehead atoms. The zero-order valence-corrected chi connectivity index (χ0v) is 8.41. The molecule has 1 unspecified atom stereocenters. The maximum atomic E-state index is 10.5. The van der Waals surface area contributed by atoms with Gasteiger partial charge in [0.2, 0.25) is 0 Å². The third-order valence-corrected chi connectivity index (χ3v) is 2.54. The van der Waals surface area contributed by atoms with Crippen molar-refractivity contribution in [3.05, 3.63) is 35.9 Å². The summed E-state index contributed by atoms with van der Waals surface area (Å²) in [7, 11) is 0. The molecule has 70 valence electrons. The summed E-state index contributed by atoms with van der Waals surface area (Å²) in [5.74, 6) is 0.750. The Kier molecular flexibility index (Phi) is 4.61. The van der Waals surface area contributed by atoms with Crippen LogP contribution in [-0.2, 0) is 11.2 Å². The van der Waals surface area contributed by atoms with Gasteiger partial charge in [0, 0.05) is 5.92 Å². The third kappa shape index (κ3) is 3.64. The SMILES string of the molecule is O=CC(CS)CCc1ccccc1. The van der Waals surface area contributed by atoms with Gasteiger partial charge in [-0.05, 0) is 24.2 Å². The smallest absolute Gasteiger partial charge is 0.123 e. The van der Waals surface area contributed by atoms with Gasteiger partial charge in [0.25, 0.3) is 0 Å². The lowest BCUT2D eigenvalue weighted by Gasteiger charge is -2.05. The molecule has 0 fully saturated rings. The minimum absolute atomic E-state index is 0.100. The molecule has 0 aliphatic carbocycles. The summed E-state index contributed by atoms with van der Waals surface area (Å²) in [6, 6.07) is 10.2. The van der Waals surface area contributed by atoms with E-state index < -0.39 is 0 Å². The van der Waals surface area contributed by atoms with E-state index in [4.69, 9.17) is 0 Å². The van der Waals surface area contributed by atoms with Gasteiger partial charge < -0.3 is 4.79 Å². The fourth-order valence-corrected chi connectivity index (χ4v) is 1.47. The van der Waals surface area contributed by atoms with Crippen LogP contribution in [0.2, 0.25) is 0 Å². The topological polar surface area (TPSA) is 17.1 Å². The first-order chi connectivity index (χ1) is 6.36. The van der Waals surface area contributed by atoms with Gasteiger partial charge in [-0.2, -0.15) is 12.6 Å². The van der Waals surface area contributed by atoms with Crippen LogP contribution >= 0.6 is 12.6 Å². The third-order valence-electron chi connectivity index (χ3n) is 2.07. The zero-order valence-electron chi connectivity index (χ0n) is 7.52. The van der Waals surface area contributed by atoms with E-state index in [2.05, 4.69) is 24.8 Å². The molecule has 0 saturated heterocycles. The van der Waals surface area contributed by atoms with E-state index in [1.54, 1.807) is 0 Å². The predicted octanol–water partition coefficient (Wildman–Crippen LogP) is 2.36. The first-order valence-corrected chi connectivity index (χ1v) is 5.10. The van der Waals surface area contributed by atoms with Crippen LogP contribution in [0, 0.1) is 5.92 Å². The molecule has 0 aliphatic heterocycles. The number of aldehydes is 1. The van der Waals surface area contributed by atoms with E-state index in [0.717, 1.165) is 19.1 Å². The predicted molar refractivity (Wildman–Crippen MR) is 58.2 cm³/mol. The van der Waals surface area contributed by atoms with E-state index >= 15 is 0 Å². The van der Waals surface area contributed by atoms with Crippen LogP contribution in [0.4, 0.5) is 0 Å². The fourth-order valence-electron chi connectivity index (χ4n) is 1.20. The largest absolute Gasteiger partial charge is 0.303 e. The van der Waals surface area contributed by atoms with Crippen LogP contribution in [0.3, 0.4) is 0 Å². The molecule has 1 rings (SSSR count). The van der Waals surface area contributed by atoms with Gasteiger partial charge in [0.15, 0.2) is 0 Å². The van der Waals surface area contributed by atoms with Crippen molar-refractivity contribution < 1.29 is 4.79 Å². The number of carbonyl (C=O) groups excluding carboxylic acids is 1. The molecule has 0 spiro atoms. The highest BCUT2D eigenvalue weighted by molar-refractivity contribution is 7.80. The molecule has 1 aromatic carbocycles. The van der Waals surface area contributed by atoms with E-state index in [1.807, 2.05) is 18.2 Å². The number of carbonyl (C=O) groups is 1. The second-order valence-electron chi connectivity index (χ2n) is 3.10. The molecular formula is C11H14OS. The molecule has 0 aromatic heterocycles. The number of hydrogen-bond acceptors (Lipinski definition) is 2. The van der Waals surface area contributed by atoms with Crippen molar-refractivity contribution in [1.82, 2.24) is 0 Å². The molecule has 2 heteroatoms. The first kappa shape index (κ1) is 10.3. The normalized spacial score (nSPS) is 12.4. The Hall–Kier alpha value is -0.760. The highest BCUT2D eigenvalue weighted by Crippen LogP contribution is 2.09. The van der Waals surface area contributed by atoms with Gasteiger partial charge >= 0.3 is 0 Å². The van der Waals surface area contributed by atoms with Crippen molar-refractivity contribution in [1.29, 1.82) is 0 Å². The summed E-state index contributed by atoms with van der Waals surface area (Å²) in [4.78, 5) is 10.5. The van der Waals surface area contributed by atoms with Crippen molar-refractivity contribution in [2.45, 2.75) is 12.8 Å². The van der Waals surface area contributed by atoms with Crippen LogP contribution in [0.15, 0.2) is 30.3 Å². The van der Waals surface area contributed by atoms with E-state index in [9.17, 15) is 4.79 Å². The summed E-state index contributed by atoms with van der Waals surface area (Å²) in [5, 5.41) is 0. The van der Waals surface area contributed by atoms with Gasteiger partial charge in [-0.1, -0.05) is 30.3 Å². The molecule has 0 radical (unpaired) electrons. The Labute approximate surface area is 84.6 Å². The number of benzene rings is 1.